The van der Waals surface area contributed by atoms with E-state index in [9.17, 15) is 9.18 Å². The Morgan fingerprint density at radius 1 is 1.55 bits per heavy atom. The van der Waals surface area contributed by atoms with Gasteiger partial charge in [-0.2, -0.15) is 0 Å². The van der Waals surface area contributed by atoms with Crippen molar-refractivity contribution in [2.75, 3.05) is 11.9 Å². The minimum absolute atomic E-state index is 0.0650. The highest BCUT2D eigenvalue weighted by Crippen LogP contribution is 2.17. The molecule has 1 heterocycles. The molecule has 1 aromatic heterocycles. The molecule has 1 aromatic carbocycles. The van der Waals surface area contributed by atoms with Crippen molar-refractivity contribution in [1.82, 2.24) is 4.98 Å². The van der Waals surface area contributed by atoms with E-state index in [0.717, 1.165) is 5.01 Å². The largest absolute Gasteiger partial charge is 0.384 e. The minimum atomic E-state index is -0.588. The molecule has 0 spiro atoms. The van der Waals surface area contributed by atoms with Crippen LogP contribution in [0.25, 0.3) is 0 Å². The SMILES string of the molecule is Cc1nc(C(=O)Nc2ccc(C#CCO)cc2F)cs1. The van der Waals surface area contributed by atoms with Crippen LogP contribution in [0, 0.1) is 24.6 Å². The molecule has 102 valence electrons. The van der Waals surface area contributed by atoms with Gasteiger partial charge in [-0.25, -0.2) is 9.37 Å². The summed E-state index contributed by atoms with van der Waals surface area (Å²) in [5.41, 5.74) is 0.755. The average Bonchev–Trinajstić information content (AvgIpc) is 2.86. The molecule has 1 amide bonds. The zero-order chi connectivity index (χ0) is 14.5. The van der Waals surface area contributed by atoms with Gasteiger partial charge in [0.1, 0.15) is 18.1 Å². The van der Waals surface area contributed by atoms with Crippen molar-refractivity contribution in [3.05, 3.63) is 45.7 Å². The average molecular weight is 290 g/mol. The second kappa shape index (κ2) is 6.28. The predicted octanol–water partition coefficient (Wildman–Crippen LogP) is 2.19. The molecule has 4 nitrogen and oxygen atoms in total. The molecule has 20 heavy (non-hydrogen) atoms. The number of amides is 1. The lowest BCUT2D eigenvalue weighted by atomic mass is 10.2. The van der Waals surface area contributed by atoms with Crippen molar-refractivity contribution in [2.45, 2.75) is 6.92 Å². The van der Waals surface area contributed by atoms with Crippen LogP contribution in [0.3, 0.4) is 0 Å². The Kier molecular flexibility index (Phi) is 4.45. The van der Waals surface area contributed by atoms with Crippen LogP contribution >= 0.6 is 11.3 Å². The van der Waals surface area contributed by atoms with Gasteiger partial charge in [-0.05, 0) is 25.1 Å². The van der Waals surface area contributed by atoms with Crippen LogP contribution in [-0.4, -0.2) is 22.6 Å². The first kappa shape index (κ1) is 14.2. The minimum Gasteiger partial charge on any atom is -0.384 e. The zero-order valence-corrected chi connectivity index (χ0v) is 11.4. The van der Waals surface area contributed by atoms with E-state index >= 15 is 0 Å². The number of anilines is 1. The second-order valence-electron chi connectivity index (χ2n) is 3.86. The van der Waals surface area contributed by atoms with Crippen molar-refractivity contribution >= 4 is 22.9 Å². The number of rotatable bonds is 2. The number of thiazole rings is 1. The number of aryl methyl sites for hydroxylation is 1. The van der Waals surface area contributed by atoms with Gasteiger partial charge in [-0.1, -0.05) is 11.8 Å². The summed E-state index contributed by atoms with van der Waals surface area (Å²) < 4.78 is 13.8. The smallest absolute Gasteiger partial charge is 0.275 e. The third-order valence-corrected chi connectivity index (χ3v) is 3.15. The molecule has 0 atom stereocenters. The lowest BCUT2D eigenvalue weighted by Gasteiger charge is -2.05. The van der Waals surface area contributed by atoms with Crippen molar-refractivity contribution in [1.29, 1.82) is 0 Å². The normalized spacial score (nSPS) is 9.75. The Morgan fingerprint density at radius 2 is 2.35 bits per heavy atom. The summed E-state index contributed by atoms with van der Waals surface area (Å²) in [5.74, 6) is 3.97. The number of carbonyl (C=O) groups is 1. The molecule has 2 rings (SSSR count). The number of aliphatic hydroxyl groups is 1. The fourth-order valence-electron chi connectivity index (χ4n) is 1.49. The molecule has 6 heteroatoms. The van der Waals surface area contributed by atoms with E-state index in [1.54, 1.807) is 18.4 Å². The Morgan fingerprint density at radius 3 is 2.95 bits per heavy atom. The van der Waals surface area contributed by atoms with Crippen LogP contribution in [0.4, 0.5) is 10.1 Å². The molecule has 0 aliphatic carbocycles. The number of nitrogens with one attached hydrogen (secondary N) is 1. The number of aliphatic hydroxyl groups excluding tert-OH is 1. The first-order valence-corrected chi connectivity index (χ1v) is 6.61. The number of aromatic nitrogens is 1. The van der Waals surface area contributed by atoms with E-state index in [-0.39, 0.29) is 18.0 Å². The van der Waals surface area contributed by atoms with E-state index in [2.05, 4.69) is 22.1 Å². The van der Waals surface area contributed by atoms with E-state index in [1.807, 2.05) is 0 Å². The first-order valence-electron chi connectivity index (χ1n) is 5.73. The molecular formula is C14H11FN2O2S. The summed E-state index contributed by atoms with van der Waals surface area (Å²) in [5, 5.41) is 13.4. The summed E-state index contributed by atoms with van der Waals surface area (Å²) in [7, 11) is 0. The van der Waals surface area contributed by atoms with E-state index in [4.69, 9.17) is 5.11 Å². The Labute approximate surface area is 119 Å². The van der Waals surface area contributed by atoms with Gasteiger partial charge in [0.2, 0.25) is 0 Å². The first-order chi connectivity index (χ1) is 9.60. The number of nitrogens with zero attached hydrogens (tertiary/aromatic N) is 1. The van der Waals surface area contributed by atoms with Crippen molar-refractivity contribution in [3.8, 4) is 11.8 Å². The van der Waals surface area contributed by atoms with Gasteiger partial charge in [0.15, 0.2) is 0 Å². The van der Waals surface area contributed by atoms with Gasteiger partial charge >= 0.3 is 0 Å². The number of carbonyl (C=O) groups excluding carboxylic acids is 1. The number of hydrogen-bond acceptors (Lipinski definition) is 4. The third kappa shape index (κ3) is 3.41. The molecule has 2 N–H and O–H groups in total. The number of hydrogen-bond donors (Lipinski definition) is 2. The summed E-state index contributed by atoms with van der Waals surface area (Å²) in [6, 6.07) is 4.19. The summed E-state index contributed by atoms with van der Waals surface area (Å²) in [6.07, 6.45) is 0. The highest BCUT2D eigenvalue weighted by Gasteiger charge is 2.12. The lowest BCUT2D eigenvalue weighted by molar-refractivity contribution is 0.102. The second-order valence-corrected chi connectivity index (χ2v) is 4.92. The fraction of sp³-hybridized carbons (Fsp3) is 0.143. The maximum Gasteiger partial charge on any atom is 0.275 e. The van der Waals surface area contributed by atoms with Crippen LogP contribution in [-0.2, 0) is 0 Å². The van der Waals surface area contributed by atoms with Crippen molar-refractivity contribution in [3.63, 3.8) is 0 Å². The molecule has 0 aliphatic heterocycles. The van der Waals surface area contributed by atoms with Crippen molar-refractivity contribution in [2.24, 2.45) is 0 Å². The molecule has 0 unspecified atom stereocenters. The number of halogens is 1. The molecule has 0 radical (unpaired) electrons. The van der Waals surface area contributed by atoms with Gasteiger partial charge in [0, 0.05) is 10.9 Å². The molecule has 0 saturated carbocycles. The highest BCUT2D eigenvalue weighted by molar-refractivity contribution is 7.09. The van der Waals surface area contributed by atoms with Crippen molar-refractivity contribution < 1.29 is 14.3 Å². The summed E-state index contributed by atoms with van der Waals surface area (Å²) >= 11 is 1.35. The topological polar surface area (TPSA) is 62.2 Å². The standard InChI is InChI=1S/C14H11FN2O2S/c1-9-16-13(8-20-9)14(19)17-12-5-4-10(3-2-6-18)7-11(12)15/h4-5,7-8,18H,6H2,1H3,(H,17,19). The summed E-state index contributed by atoms with van der Waals surface area (Å²) in [6.45, 7) is 1.50. The Bertz CT molecular complexity index is 701. The quantitative estimate of drug-likeness (QED) is 0.833. The van der Waals surface area contributed by atoms with Gasteiger partial charge in [0.25, 0.3) is 5.91 Å². The highest BCUT2D eigenvalue weighted by atomic mass is 32.1. The van der Waals surface area contributed by atoms with Crippen LogP contribution in [0.5, 0.6) is 0 Å². The molecular weight excluding hydrogens is 279 g/mol. The third-order valence-electron chi connectivity index (χ3n) is 2.38. The van der Waals surface area contributed by atoms with E-state index < -0.39 is 11.7 Å². The molecule has 0 bridgehead atoms. The molecule has 2 aromatic rings. The predicted molar refractivity (Wildman–Crippen MR) is 75.2 cm³/mol. The maximum atomic E-state index is 13.8. The Hall–Kier alpha value is -2.23. The van der Waals surface area contributed by atoms with Crippen LogP contribution in [0.2, 0.25) is 0 Å². The molecule has 0 aliphatic rings. The van der Waals surface area contributed by atoms with Gasteiger partial charge in [-0.3, -0.25) is 4.79 Å². The Balaban J connectivity index is 2.16. The molecule has 0 fully saturated rings. The summed E-state index contributed by atoms with van der Waals surface area (Å²) in [4.78, 5) is 15.9. The van der Waals surface area contributed by atoms with Gasteiger partial charge in [-0.15, -0.1) is 11.3 Å². The fourth-order valence-corrected chi connectivity index (χ4v) is 2.08. The lowest BCUT2D eigenvalue weighted by Crippen LogP contribution is -2.13. The number of benzene rings is 1. The zero-order valence-electron chi connectivity index (χ0n) is 10.6. The van der Waals surface area contributed by atoms with Crippen LogP contribution < -0.4 is 5.32 Å². The monoisotopic (exact) mass is 290 g/mol. The van der Waals surface area contributed by atoms with Crippen LogP contribution in [0.15, 0.2) is 23.6 Å². The van der Waals surface area contributed by atoms with Crippen LogP contribution in [0.1, 0.15) is 21.1 Å². The van der Waals surface area contributed by atoms with E-state index in [0.29, 0.717) is 5.56 Å². The maximum absolute atomic E-state index is 13.8. The van der Waals surface area contributed by atoms with Gasteiger partial charge < -0.3 is 10.4 Å². The molecule has 0 saturated heterocycles. The van der Waals surface area contributed by atoms with E-state index in [1.165, 1.54) is 23.5 Å². The van der Waals surface area contributed by atoms with Gasteiger partial charge in [0.05, 0.1) is 10.7 Å².